The number of pyridine rings is 1. The minimum Gasteiger partial charge on any atom is -0.358 e. The highest BCUT2D eigenvalue weighted by molar-refractivity contribution is 5.89. The highest BCUT2D eigenvalue weighted by atomic mass is 19.3. The molecule has 1 aromatic carbocycles. The number of hydrogen-bond donors (Lipinski definition) is 2. The normalized spacial score (nSPS) is 21.9. The molecule has 0 spiro atoms. The summed E-state index contributed by atoms with van der Waals surface area (Å²) < 4.78 is 43.4. The minimum atomic E-state index is -3.26. The van der Waals surface area contributed by atoms with Crippen LogP contribution in [0.25, 0.3) is 0 Å². The number of carbonyl (C=O) groups is 1. The molecule has 2 atom stereocenters. The van der Waals surface area contributed by atoms with Crippen molar-refractivity contribution in [2.24, 2.45) is 5.41 Å². The van der Waals surface area contributed by atoms with E-state index in [4.69, 9.17) is 0 Å². The van der Waals surface area contributed by atoms with Gasteiger partial charge in [-0.05, 0) is 43.5 Å². The van der Waals surface area contributed by atoms with E-state index in [9.17, 15) is 23.2 Å². The molecule has 1 amide bonds. The second kappa shape index (κ2) is 7.07. The Labute approximate surface area is 167 Å². The Morgan fingerprint density at radius 3 is 2.59 bits per heavy atom. The van der Waals surface area contributed by atoms with Crippen LogP contribution in [0.2, 0.25) is 0 Å². The Bertz CT molecular complexity index is 1030. The molecular weight excluding hydrogens is 381 g/mol. The Morgan fingerprint density at radius 1 is 1.34 bits per heavy atom. The molecule has 1 heterocycles. The zero-order valence-corrected chi connectivity index (χ0v) is 16.5. The lowest BCUT2D eigenvalue weighted by Gasteiger charge is -2.14. The Balaban J connectivity index is 1.93. The van der Waals surface area contributed by atoms with Crippen LogP contribution in [-0.2, 0) is 11.2 Å². The molecule has 1 aromatic heterocycles. The van der Waals surface area contributed by atoms with Crippen molar-refractivity contribution in [2.75, 3.05) is 12.4 Å². The number of hydrogen-bond acceptors (Lipinski definition) is 4. The maximum atomic E-state index is 14.7. The number of nitrogens with zero attached hydrogens (tertiary/aromatic N) is 2. The number of rotatable bonds is 5. The average Bonchev–Trinajstić information content (AvgIpc) is 3.16. The van der Waals surface area contributed by atoms with Crippen molar-refractivity contribution < 1.29 is 18.0 Å². The Hall–Kier alpha value is -3.08. The fourth-order valence-electron chi connectivity index (χ4n) is 3.85. The third-order valence-corrected chi connectivity index (χ3v) is 5.68. The van der Waals surface area contributed by atoms with Crippen molar-refractivity contribution in [3.63, 3.8) is 0 Å². The largest absolute Gasteiger partial charge is 0.358 e. The van der Waals surface area contributed by atoms with Crippen LogP contribution < -0.4 is 10.6 Å². The van der Waals surface area contributed by atoms with Gasteiger partial charge in [-0.1, -0.05) is 13.0 Å². The highest BCUT2D eigenvalue weighted by Gasteiger charge is 2.82. The van der Waals surface area contributed by atoms with Gasteiger partial charge in [-0.2, -0.15) is 5.26 Å². The first-order valence-electron chi connectivity index (χ1n) is 9.18. The molecule has 0 bridgehead atoms. The van der Waals surface area contributed by atoms with E-state index in [2.05, 4.69) is 21.7 Å². The van der Waals surface area contributed by atoms with E-state index in [0.29, 0.717) is 28.9 Å². The van der Waals surface area contributed by atoms with Gasteiger partial charge < -0.3 is 10.6 Å². The molecule has 29 heavy (non-hydrogen) atoms. The standard InChI is InChI=1S/C21H21F3N4O/c1-5-13-14(9-25)11(2)27-10-17(13)28-16-7-6-12(8-15(16)22)18-20(3,19(29)26-4)21(18,23)24/h6-8,10,18,28H,5H2,1-4H3,(H,26,29). The second-order valence-corrected chi connectivity index (χ2v) is 7.28. The van der Waals surface area contributed by atoms with Crippen LogP contribution in [-0.4, -0.2) is 23.9 Å². The van der Waals surface area contributed by atoms with E-state index in [0.717, 1.165) is 6.07 Å². The molecule has 0 radical (unpaired) electrons. The molecule has 8 heteroatoms. The number of nitrogens with one attached hydrogen (secondary N) is 2. The lowest BCUT2D eigenvalue weighted by Crippen LogP contribution is -2.31. The number of amides is 1. The van der Waals surface area contributed by atoms with E-state index in [1.807, 2.05) is 6.92 Å². The van der Waals surface area contributed by atoms with E-state index >= 15 is 0 Å². The summed E-state index contributed by atoms with van der Waals surface area (Å²) in [6, 6.07) is 5.87. The van der Waals surface area contributed by atoms with Crippen molar-refractivity contribution in [3.8, 4) is 6.07 Å². The van der Waals surface area contributed by atoms with Gasteiger partial charge in [0.1, 0.15) is 17.3 Å². The molecule has 0 saturated heterocycles. The maximum absolute atomic E-state index is 14.7. The van der Waals surface area contributed by atoms with Crippen LogP contribution in [0.15, 0.2) is 24.4 Å². The lowest BCUT2D eigenvalue weighted by molar-refractivity contribution is -0.128. The molecule has 1 aliphatic rings. The van der Waals surface area contributed by atoms with Crippen molar-refractivity contribution in [2.45, 2.75) is 39.0 Å². The number of carbonyl (C=O) groups excluding carboxylic acids is 1. The molecule has 1 aliphatic carbocycles. The second-order valence-electron chi connectivity index (χ2n) is 7.28. The van der Waals surface area contributed by atoms with Gasteiger partial charge in [0.25, 0.3) is 5.92 Å². The number of nitriles is 1. The molecule has 2 unspecified atom stereocenters. The minimum absolute atomic E-state index is 0.0552. The summed E-state index contributed by atoms with van der Waals surface area (Å²) in [5, 5.41) is 14.5. The van der Waals surface area contributed by atoms with E-state index < -0.39 is 29.0 Å². The number of benzene rings is 1. The fraction of sp³-hybridized carbons (Fsp3) is 0.381. The topological polar surface area (TPSA) is 77.8 Å². The van der Waals surface area contributed by atoms with Crippen molar-refractivity contribution in [1.29, 1.82) is 5.26 Å². The summed E-state index contributed by atoms with van der Waals surface area (Å²) in [4.78, 5) is 16.1. The molecule has 0 aliphatic heterocycles. The zero-order valence-electron chi connectivity index (χ0n) is 16.5. The first kappa shape index (κ1) is 20.6. The highest BCUT2D eigenvalue weighted by Crippen LogP contribution is 2.71. The van der Waals surface area contributed by atoms with Gasteiger partial charge in [0, 0.05) is 7.05 Å². The van der Waals surface area contributed by atoms with Gasteiger partial charge in [0.15, 0.2) is 0 Å². The van der Waals surface area contributed by atoms with Gasteiger partial charge in [-0.15, -0.1) is 0 Å². The number of alkyl halides is 2. The van der Waals surface area contributed by atoms with Crippen LogP contribution in [0.5, 0.6) is 0 Å². The summed E-state index contributed by atoms with van der Waals surface area (Å²) in [6.07, 6.45) is 2.05. The molecular formula is C21H21F3N4O. The predicted molar refractivity (Wildman–Crippen MR) is 103 cm³/mol. The number of anilines is 2. The van der Waals surface area contributed by atoms with Gasteiger partial charge >= 0.3 is 0 Å². The smallest absolute Gasteiger partial charge is 0.270 e. The average molecular weight is 402 g/mol. The van der Waals surface area contributed by atoms with Crippen molar-refractivity contribution in [3.05, 3.63) is 52.6 Å². The van der Waals surface area contributed by atoms with Crippen LogP contribution in [0.3, 0.4) is 0 Å². The third kappa shape index (κ3) is 3.01. The van der Waals surface area contributed by atoms with Crippen LogP contribution in [0.4, 0.5) is 24.5 Å². The molecule has 5 nitrogen and oxygen atoms in total. The van der Waals surface area contributed by atoms with Gasteiger partial charge in [0.05, 0.1) is 34.7 Å². The fourth-order valence-corrected chi connectivity index (χ4v) is 3.85. The summed E-state index contributed by atoms with van der Waals surface area (Å²) in [7, 11) is 1.29. The predicted octanol–water partition coefficient (Wildman–Crippen LogP) is 4.19. The van der Waals surface area contributed by atoms with Gasteiger partial charge in [0.2, 0.25) is 5.91 Å². The zero-order chi connectivity index (χ0) is 21.6. The molecule has 1 saturated carbocycles. The summed E-state index contributed by atoms with van der Waals surface area (Å²) in [5.41, 5.74) is 0.408. The monoisotopic (exact) mass is 402 g/mol. The quantitative estimate of drug-likeness (QED) is 0.786. The molecule has 3 rings (SSSR count). The van der Waals surface area contributed by atoms with Crippen LogP contribution in [0.1, 0.15) is 42.1 Å². The first-order valence-corrected chi connectivity index (χ1v) is 9.18. The molecule has 2 N–H and O–H groups in total. The maximum Gasteiger partial charge on any atom is 0.270 e. The number of aromatic nitrogens is 1. The van der Waals surface area contributed by atoms with Gasteiger partial charge in [-0.25, -0.2) is 13.2 Å². The SMILES string of the molecule is CCc1c(Nc2ccc(C3C(F)(F)C3(C)C(=O)NC)cc2F)cnc(C)c1C#N. The van der Waals surface area contributed by atoms with Crippen molar-refractivity contribution in [1.82, 2.24) is 10.3 Å². The van der Waals surface area contributed by atoms with Crippen LogP contribution in [0, 0.1) is 29.5 Å². The van der Waals surface area contributed by atoms with E-state index in [1.165, 1.54) is 32.3 Å². The number of aryl methyl sites for hydroxylation is 1. The van der Waals surface area contributed by atoms with Crippen LogP contribution >= 0.6 is 0 Å². The van der Waals surface area contributed by atoms with E-state index in [-0.39, 0.29) is 11.3 Å². The lowest BCUT2D eigenvalue weighted by atomic mass is 9.99. The summed E-state index contributed by atoms with van der Waals surface area (Å²) in [5.74, 6) is -6.16. The summed E-state index contributed by atoms with van der Waals surface area (Å²) >= 11 is 0. The molecule has 1 fully saturated rings. The van der Waals surface area contributed by atoms with Crippen molar-refractivity contribution >= 4 is 17.3 Å². The Morgan fingerprint density at radius 2 is 2.03 bits per heavy atom. The first-order chi connectivity index (χ1) is 13.6. The molecule has 152 valence electrons. The van der Waals surface area contributed by atoms with E-state index in [1.54, 1.807) is 6.92 Å². The van der Waals surface area contributed by atoms with Gasteiger partial charge in [-0.3, -0.25) is 9.78 Å². The number of halogens is 3. The molecule has 2 aromatic rings. The third-order valence-electron chi connectivity index (χ3n) is 5.68. The Kier molecular flexibility index (Phi) is 5.03. The summed E-state index contributed by atoms with van der Waals surface area (Å²) in [6.45, 7) is 4.76.